The van der Waals surface area contributed by atoms with Crippen LogP contribution in [0.5, 0.6) is 5.75 Å². The number of nitrogens with zero attached hydrogens (tertiary/aromatic N) is 3. The number of halogens is 2. The third-order valence-electron chi connectivity index (χ3n) is 5.73. The van der Waals surface area contributed by atoms with E-state index in [4.69, 9.17) is 9.47 Å². The molecular formula is C25H28F2N4O4S2. The second-order valence-corrected chi connectivity index (χ2v) is 11.0. The number of fused-ring (bicyclic) bond motifs is 1. The highest BCUT2D eigenvalue weighted by Gasteiger charge is 2.28. The lowest BCUT2D eigenvalue weighted by Crippen LogP contribution is -2.19. The molecule has 12 heteroatoms. The molecule has 1 aliphatic carbocycles. The lowest BCUT2D eigenvalue weighted by molar-refractivity contribution is -0.113. The number of thiophene rings is 1. The first-order valence-corrected chi connectivity index (χ1v) is 13.7. The van der Waals surface area contributed by atoms with Gasteiger partial charge in [0.2, 0.25) is 5.91 Å². The number of rotatable bonds is 9. The van der Waals surface area contributed by atoms with Crippen LogP contribution in [0.4, 0.5) is 13.8 Å². The Balaban J connectivity index is 1.41. The van der Waals surface area contributed by atoms with Crippen LogP contribution in [0.15, 0.2) is 23.4 Å². The average molecular weight is 551 g/mol. The first-order chi connectivity index (χ1) is 17.6. The van der Waals surface area contributed by atoms with Crippen LogP contribution in [0.1, 0.15) is 66.3 Å². The maximum atomic E-state index is 14.0. The van der Waals surface area contributed by atoms with Gasteiger partial charge in [-0.3, -0.25) is 4.79 Å². The summed E-state index contributed by atoms with van der Waals surface area (Å²) in [6, 6.07) is 3.07. The summed E-state index contributed by atoms with van der Waals surface area (Å²) in [4.78, 5) is 26.7. The molecule has 1 unspecified atom stereocenters. The van der Waals surface area contributed by atoms with Crippen molar-refractivity contribution >= 4 is 40.0 Å². The van der Waals surface area contributed by atoms with Crippen molar-refractivity contribution in [2.45, 2.75) is 63.8 Å². The van der Waals surface area contributed by atoms with Gasteiger partial charge in [-0.05, 0) is 64.2 Å². The summed E-state index contributed by atoms with van der Waals surface area (Å²) in [5, 5.41) is 12.1. The van der Waals surface area contributed by atoms with Gasteiger partial charge < -0.3 is 19.4 Å². The Kier molecular flexibility index (Phi) is 8.48. The smallest absolute Gasteiger partial charge is 0.341 e. The topological polar surface area (TPSA) is 95.3 Å². The Morgan fingerprint density at radius 1 is 1.19 bits per heavy atom. The summed E-state index contributed by atoms with van der Waals surface area (Å²) in [5.74, 6) is -1.86. The van der Waals surface area contributed by atoms with Crippen LogP contribution in [0.2, 0.25) is 0 Å². The molecule has 0 spiro atoms. The van der Waals surface area contributed by atoms with E-state index in [1.165, 1.54) is 29.2 Å². The van der Waals surface area contributed by atoms with Crippen LogP contribution in [-0.4, -0.2) is 38.5 Å². The molecule has 2 aromatic heterocycles. The Hall–Kier alpha value is -2.99. The lowest BCUT2D eigenvalue weighted by atomic mass is 9.95. The second-order valence-electron chi connectivity index (χ2n) is 8.94. The molecule has 1 atom stereocenters. The molecule has 37 heavy (non-hydrogen) atoms. The summed E-state index contributed by atoms with van der Waals surface area (Å²) >= 11 is 2.61. The van der Waals surface area contributed by atoms with Crippen molar-refractivity contribution in [1.29, 1.82) is 0 Å². The molecule has 3 aromatic rings. The molecule has 2 heterocycles. The predicted molar refractivity (Wildman–Crippen MR) is 137 cm³/mol. The van der Waals surface area contributed by atoms with Gasteiger partial charge in [0.1, 0.15) is 10.8 Å². The Labute approximate surface area is 221 Å². The average Bonchev–Trinajstić information content (AvgIpc) is 3.38. The van der Waals surface area contributed by atoms with E-state index in [1.807, 2.05) is 0 Å². The summed E-state index contributed by atoms with van der Waals surface area (Å²) in [5.41, 5.74) is 1.45. The molecule has 4 rings (SSSR count). The number of aromatic nitrogens is 3. The number of carbonyl (C=O) groups is 2. The minimum absolute atomic E-state index is 0.0367. The third kappa shape index (κ3) is 6.30. The zero-order valence-corrected chi connectivity index (χ0v) is 22.6. The summed E-state index contributed by atoms with van der Waals surface area (Å²) in [7, 11) is 1.71. The summed E-state index contributed by atoms with van der Waals surface area (Å²) in [6.07, 6.45) is 2.80. The van der Waals surface area contributed by atoms with Crippen molar-refractivity contribution in [2.24, 2.45) is 7.05 Å². The van der Waals surface area contributed by atoms with Gasteiger partial charge >= 0.3 is 5.97 Å². The maximum Gasteiger partial charge on any atom is 0.341 e. The second kappa shape index (κ2) is 11.6. The SMILES string of the molecule is CC(C)OC(=O)c1c(NC(=O)CSc2nnc(C(C)Oc3ccc(F)cc3F)n2C)sc2c1CCCC2. The van der Waals surface area contributed by atoms with E-state index in [2.05, 4.69) is 15.5 Å². The van der Waals surface area contributed by atoms with Crippen molar-refractivity contribution in [2.75, 3.05) is 11.1 Å². The van der Waals surface area contributed by atoms with Crippen LogP contribution in [0.3, 0.4) is 0 Å². The quantitative estimate of drug-likeness (QED) is 0.279. The highest BCUT2D eigenvalue weighted by Crippen LogP contribution is 2.39. The highest BCUT2D eigenvalue weighted by molar-refractivity contribution is 7.99. The standard InChI is InChI=1S/C25H28F2N4O4S2/c1-13(2)34-24(33)21-16-7-5-6-8-19(16)37-23(21)28-20(32)12-36-25-30-29-22(31(25)4)14(3)35-18-10-9-15(26)11-17(18)27/h9-11,13-14H,5-8,12H2,1-4H3,(H,28,32). The molecule has 1 aliphatic rings. The minimum Gasteiger partial charge on any atom is -0.480 e. The number of amides is 1. The van der Waals surface area contributed by atoms with Crippen LogP contribution in [-0.2, 0) is 29.4 Å². The van der Waals surface area contributed by atoms with Crippen LogP contribution >= 0.6 is 23.1 Å². The lowest BCUT2D eigenvalue weighted by Gasteiger charge is -2.15. The largest absolute Gasteiger partial charge is 0.480 e. The van der Waals surface area contributed by atoms with E-state index in [9.17, 15) is 18.4 Å². The molecule has 0 saturated heterocycles. The number of anilines is 1. The van der Waals surface area contributed by atoms with Crippen LogP contribution in [0, 0.1) is 11.6 Å². The van der Waals surface area contributed by atoms with Gasteiger partial charge in [0.05, 0.1) is 17.4 Å². The molecule has 0 saturated carbocycles. The van der Waals surface area contributed by atoms with E-state index >= 15 is 0 Å². The molecular weight excluding hydrogens is 522 g/mol. The number of hydrogen-bond acceptors (Lipinski definition) is 8. The Bertz CT molecular complexity index is 1310. The van der Waals surface area contributed by atoms with Gasteiger partial charge in [0, 0.05) is 18.0 Å². The van der Waals surface area contributed by atoms with Crippen molar-refractivity contribution in [1.82, 2.24) is 14.8 Å². The number of thioether (sulfide) groups is 1. The van der Waals surface area contributed by atoms with Crippen molar-refractivity contribution in [3.63, 3.8) is 0 Å². The number of benzene rings is 1. The fraction of sp³-hybridized carbons (Fsp3) is 0.440. The number of esters is 1. The zero-order chi connectivity index (χ0) is 26.7. The molecule has 0 fully saturated rings. The van der Waals surface area contributed by atoms with Gasteiger partial charge in [0.25, 0.3) is 0 Å². The van der Waals surface area contributed by atoms with Gasteiger partial charge in [-0.25, -0.2) is 13.6 Å². The maximum absolute atomic E-state index is 14.0. The molecule has 198 valence electrons. The molecule has 0 aliphatic heterocycles. The van der Waals surface area contributed by atoms with Gasteiger partial charge in [-0.1, -0.05) is 11.8 Å². The third-order valence-corrected chi connectivity index (χ3v) is 7.96. The summed E-state index contributed by atoms with van der Waals surface area (Å²) in [6.45, 7) is 5.26. The van der Waals surface area contributed by atoms with Crippen LogP contribution in [0.25, 0.3) is 0 Å². The predicted octanol–water partition coefficient (Wildman–Crippen LogP) is 5.47. The Morgan fingerprint density at radius 3 is 2.68 bits per heavy atom. The van der Waals surface area contributed by atoms with Gasteiger partial charge in [-0.15, -0.1) is 21.5 Å². The van der Waals surface area contributed by atoms with Gasteiger partial charge in [-0.2, -0.15) is 0 Å². The number of carbonyl (C=O) groups excluding carboxylic acids is 2. The molecule has 0 radical (unpaired) electrons. The first kappa shape index (κ1) is 27.1. The first-order valence-electron chi connectivity index (χ1n) is 11.9. The number of hydrogen-bond donors (Lipinski definition) is 1. The van der Waals surface area contributed by atoms with Crippen molar-refractivity contribution < 1.29 is 27.8 Å². The van der Waals surface area contributed by atoms with E-state index in [0.29, 0.717) is 21.5 Å². The monoisotopic (exact) mass is 550 g/mol. The zero-order valence-electron chi connectivity index (χ0n) is 21.0. The fourth-order valence-electron chi connectivity index (χ4n) is 4.06. The number of aryl methyl sites for hydroxylation is 1. The minimum atomic E-state index is -0.813. The molecule has 1 N–H and O–H groups in total. The fourth-order valence-corrected chi connectivity index (χ4v) is 6.07. The Morgan fingerprint density at radius 2 is 1.95 bits per heavy atom. The van der Waals surface area contributed by atoms with Crippen LogP contribution < -0.4 is 10.1 Å². The van der Waals surface area contributed by atoms with Crippen molar-refractivity contribution in [3.8, 4) is 5.75 Å². The van der Waals surface area contributed by atoms with E-state index in [0.717, 1.165) is 48.3 Å². The van der Waals surface area contributed by atoms with E-state index in [-0.39, 0.29) is 23.5 Å². The van der Waals surface area contributed by atoms with Gasteiger partial charge in [0.15, 0.2) is 28.7 Å². The number of ether oxygens (including phenoxy) is 2. The normalized spacial score (nSPS) is 13.8. The van der Waals surface area contributed by atoms with E-state index < -0.39 is 23.7 Å². The molecule has 0 bridgehead atoms. The van der Waals surface area contributed by atoms with Crippen molar-refractivity contribution in [3.05, 3.63) is 51.7 Å². The molecule has 1 amide bonds. The van der Waals surface area contributed by atoms with E-state index in [1.54, 1.807) is 32.4 Å². The molecule has 1 aromatic carbocycles. The summed E-state index contributed by atoms with van der Waals surface area (Å²) < 4.78 is 39.8. The molecule has 8 nitrogen and oxygen atoms in total. The highest BCUT2D eigenvalue weighted by atomic mass is 32.2. The number of nitrogens with one attached hydrogen (secondary N) is 1.